The summed E-state index contributed by atoms with van der Waals surface area (Å²) in [5.74, 6) is 2.05. The minimum atomic E-state index is -0.287. The highest BCUT2D eigenvalue weighted by atomic mass is 16.5. The number of imidazole rings is 1. The topological polar surface area (TPSA) is 65.4 Å². The van der Waals surface area contributed by atoms with Crippen LogP contribution in [0.25, 0.3) is 11.0 Å². The zero-order valence-electron chi connectivity index (χ0n) is 20.2. The molecule has 0 aliphatic carbocycles. The molecule has 0 fully saturated rings. The van der Waals surface area contributed by atoms with Crippen LogP contribution in [0.4, 0.5) is 0 Å². The number of hydrogen-bond donors (Lipinski definition) is 1. The highest BCUT2D eigenvalue weighted by Gasteiger charge is 2.20. The molecule has 1 unspecified atom stereocenters. The van der Waals surface area contributed by atoms with E-state index in [1.165, 1.54) is 11.1 Å². The number of para-hydroxylation sites is 3. The van der Waals surface area contributed by atoms with Gasteiger partial charge in [-0.2, -0.15) is 0 Å². The number of benzene rings is 3. The molecular weight excluding hydrogens is 426 g/mol. The second-order valence-corrected chi connectivity index (χ2v) is 8.45. The minimum Gasteiger partial charge on any atom is -0.496 e. The van der Waals surface area contributed by atoms with Crippen LogP contribution in [0, 0.1) is 13.8 Å². The number of aryl methyl sites for hydroxylation is 3. The molecule has 0 spiro atoms. The summed E-state index contributed by atoms with van der Waals surface area (Å²) in [4.78, 5) is 17.8. The molecule has 4 aromatic rings. The first-order valence-electron chi connectivity index (χ1n) is 11.6. The lowest BCUT2D eigenvalue weighted by molar-refractivity contribution is 0.0934. The smallest absolute Gasteiger partial charge is 0.255 e. The van der Waals surface area contributed by atoms with E-state index in [9.17, 15) is 4.79 Å². The molecule has 0 bridgehead atoms. The van der Waals surface area contributed by atoms with Crippen molar-refractivity contribution in [2.75, 3.05) is 13.7 Å². The molecule has 4 rings (SSSR count). The molecule has 3 aromatic carbocycles. The summed E-state index contributed by atoms with van der Waals surface area (Å²) in [5, 5.41) is 3.08. The van der Waals surface area contributed by atoms with Gasteiger partial charge in [0.1, 0.15) is 17.3 Å². The van der Waals surface area contributed by atoms with E-state index in [4.69, 9.17) is 14.5 Å². The largest absolute Gasteiger partial charge is 0.496 e. The van der Waals surface area contributed by atoms with E-state index in [2.05, 4.69) is 41.9 Å². The number of aromatic nitrogens is 2. The van der Waals surface area contributed by atoms with Crippen LogP contribution >= 0.6 is 0 Å². The first kappa shape index (κ1) is 23.4. The van der Waals surface area contributed by atoms with Crippen molar-refractivity contribution in [1.29, 1.82) is 0 Å². The van der Waals surface area contributed by atoms with Crippen molar-refractivity contribution in [2.24, 2.45) is 0 Å². The second kappa shape index (κ2) is 10.4. The standard InChI is InChI=1S/C28H31N3O3/c1-19-14-15-22(18-20(19)2)34-17-9-16-31-25-12-7-6-11-24(25)30-27(31)21(3)29-28(32)23-10-5-8-13-26(23)33-4/h5-8,10-15,18,21H,9,16-17H2,1-4H3,(H,29,32). The van der Waals surface area contributed by atoms with Gasteiger partial charge in [0.05, 0.1) is 36.4 Å². The maximum Gasteiger partial charge on any atom is 0.255 e. The second-order valence-electron chi connectivity index (χ2n) is 8.45. The molecule has 1 atom stereocenters. The monoisotopic (exact) mass is 457 g/mol. The lowest BCUT2D eigenvalue weighted by Gasteiger charge is -2.17. The van der Waals surface area contributed by atoms with Gasteiger partial charge < -0.3 is 19.4 Å². The molecule has 0 saturated carbocycles. The molecule has 34 heavy (non-hydrogen) atoms. The molecule has 1 amide bonds. The minimum absolute atomic E-state index is 0.193. The van der Waals surface area contributed by atoms with Crippen molar-refractivity contribution in [3.63, 3.8) is 0 Å². The number of fused-ring (bicyclic) bond motifs is 1. The fourth-order valence-electron chi connectivity index (χ4n) is 4.05. The van der Waals surface area contributed by atoms with Gasteiger partial charge in [0.2, 0.25) is 0 Å². The van der Waals surface area contributed by atoms with Crippen LogP contribution in [0.5, 0.6) is 11.5 Å². The quantitative estimate of drug-likeness (QED) is 0.331. The predicted molar refractivity (Wildman–Crippen MR) is 135 cm³/mol. The maximum atomic E-state index is 13.0. The predicted octanol–water partition coefficient (Wildman–Crippen LogP) is 5.62. The maximum absolute atomic E-state index is 13.0. The average molecular weight is 458 g/mol. The molecule has 0 saturated heterocycles. The molecule has 6 heteroatoms. The average Bonchev–Trinajstić information content (AvgIpc) is 3.22. The molecule has 0 radical (unpaired) electrons. The zero-order chi connectivity index (χ0) is 24.1. The van der Waals surface area contributed by atoms with Crippen LogP contribution in [0.15, 0.2) is 66.7 Å². The molecular formula is C28H31N3O3. The third-order valence-electron chi connectivity index (χ3n) is 6.04. The van der Waals surface area contributed by atoms with Gasteiger partial charge in [-0.15, -0.1) is 0 Å². The number of carbonyl (C=O) groups excluding carboxylic acids is 1. The van der Waals surface area contributed by atoms with Crippen LogP contribution in [0.1, 0.15) is 46.7 Å². The Labute approximate surface area is 200 Å². The Morgan fingerprint density at radius 1 is 1.03 bits per heavy atom. The van der Waals surface area contributed by atoms with Gasteiger partial charge in [0.15, 0.2) is 0 Å². The highest BCUT2D eigenvalue weighted by Crippen LogP contribution is 2.23. The fraction of sp³-hybridized carbons (Fsp3) is 0.286. The number of ether oxygens (including phenoxy) is 2. The van der Waals surface area contributed by atoms with E-state index in [0.717, 1.165) is 35.6 Å². The van der Waals surface area contributed by atoms with Crippen molar-refractivity contribution in [1.82, 2.24) is 14.9 Å². The van der Waals surface area contributed by atoms with Crippen LogP contribution in [0.2, 0.25) is 0 Å². The zero-order valence-corrected chi connectivity index (χ0v) is 20.2. The molecule has 1 N–H and O–H groups in total. The summed E-state index contributed by atoms with van der Waals surface area (Å²) >= 11 is 0. The third-order valence-corrected chi connectivity index (χ3v) is 6.04. The summed E-state index contributed by atoms with van der Waals surface area (Å²) < 4.78 is 13.5. The van der Waals surface area contributed by atoms with Gasteiger partial charge in [-0.05, 0) is 74.7 Å². The molecule has 176 valence electrons. The first-order chi connectivity index (χ1) is 16.5. The van der Waals surface area contributed by atoms with Crippen molar-refractivity contribution in [2.45, 2.75) is 39.8 Å². The van der Waals surface area contributed by atoms with E-state index in [1.807, 2.05) is 43.3 Å². The van der Waals surface area contributed by atoms with Crippen molar-refractivity contribution >= 4 is 16.9 Å². The van der Waals surface area contributed by atoms with Crippen LogP contribution in [0.3, 0.4) is 0 Å². The summed E-state index contributed by atoms with van der Waals surface area (Å²) in [6.07, 6.45) is 0.813. The Morgan fingerprint density at radius 2 is 1.79 bits per heavy atom. The van der Waals surface area contributed by atoms with Gasteiger partial charge in [0, 0.05) is 6.54 Å². The Hall–Kier alpha value is -3.80. The number of methoxy groups -OCH3 is 1. The van der Waals surface area contributed by atoms with E-state index in [1.54, 1.807) is 19.2 Å². The van der Waals surface area contributed by atoms with Gasteiger partial charge in [0.25, 0.3) is 5.91 Å². The van der Waals surface area contributed by atoms with Crippen molar-refractivity contribution < 1.29 is 14.3 Å². The molecule has 1 heterocycles. The van der Waals surface area contributed by atoms with Crippen LogP contribution in [-0.2, 0) is 6.54 Å². The highest BCUT2D eigenvalue weighted by molar-refractivity contribution is 5.97. The van der Waals surface area contributed by atoms with E-state index >= 15 is 0 Å². The summed E-state index contributed by atoms with van der Waals surface area (Å²) in [5.41, 5.74) is 4.93. The van der Waals surface area contributed by atoms with Crippen molar-refractivity contribution in [3.05, 3.63) is 89.2 Å². The third kappa shape index (κ3) is 5.06. The Bertz CT molecular complexity index is 1300. The Kier molecular flexibility index (Phi) is 7.16. The van der Waals surface area contributed by atoms with Crippen LogP contribution in [-0.4, -0.2) is 29.2 Å². The van der Waals surface area contributed by atoms with Crippen LogP contribution < -0.4 is 14.8 Å². The lowest BCUT2D eigenvalue weighted by Crippen LogP contribution is -2.29. The number of carbonyl (C=O) groups is 1. The Morgan fingerprint density at radius 3 is 2.59 bits per heavy atom. The molecule has 1 aromatic heterocycles. The Balaban J connectivity index is 1.49. The summed E-state index contributed by atoms with van der Waals surface area (Å²) in [6.45, 7) is 7.47. The summed E-state index contributed by atoms with van der Waals surface area (Å²) in [6, 6.07) is 21.1. The van der Waals surface area contributed by atoms with Gasteiger partial charge >= 0.3 is 0 Å². The van der Waals surface area contributed by atoms with Gasteiger partial charge in [-0.25, -0.2) is 4.98 Å². The number of nitrogens with zero attached hydrogens (tertiary/aromatic N) is 2. The van der Waals surface area contributed by atoms with Crippen molar-refractivity contribution in [3.8, 4) is 11.5 Å². The molecule has 6 nitrogen and oxygen atoms in total. The first-order valence-corrected chi connectivity index (χ1v) is 11.6. The number of rotatable bonds is 9. The van der Waals surface area contributed by atoms with Gasteiger partial charge in [-0.1, -0.05) is 30.3 Å². The van der Waals surface area contributed by atoms with E-state index in [-0.39, 0.29) is 11.9 Å². The number of nitrogens with one attached hydrogen (secondary N) is 1. The fourth-order valence-corrected chi connectivity index (χ4v) is 4.05. The van der Waals surface area contributed by atoms with E-state index in [0.29, 0.717) is 17.9 Å². The van der Waals surface area contributed by atoms with Gasteiger partial charge in [-0.3, -0.25) is 4.79 Å². The van der Waals surface area contributed by atoms with E-state index < -0.39 is 0 Å². The normalized spacial score (nSPS) is 11.9. The molecule has 0 aliphatic heterocycles. The molecule has 0 aliphatic rings. The number of hydrogen-bond acceptors (Lipinski definition) is 4. The number of amides is 1. The SMILES string of the molecule is COc1ccccc1C(=O)NC(C)c1nc2ccccc2n1CCCOc1ccc(C)c(C)c1. The summed E-state index contributed by atoms with van der Waals surface area (Å²) in [7, 11) is 1.56. The lowest BCUT2D eigenvalue weighted by atomic mass is 10.1.